The van der Waals surface area contributed by atoms with E-state index in [9.17, 15) is 4.79 Å². The summed E-state index contributed by atoms with van der Waals surface area (Å²) in [4.78, 5) is 12.6. The van der Waals surface area contributed by atoms with E-state index in [1.54, 1.807) is 6.92 Å². The van der Waals surface area contributed by atoms with Gasteiger partial charge < -0.3 is 9.47 Å². The fourth-order valence-corrected chi connectivity index (χ4v) is 8.77. The maximum atomic E-state index is 12.6. The van der Waals surface area contributed by atoms with Crippen LogP contribution >= 0.6 is 0 Å². The van der Waals surface area contributed by atoms with Gasteiger partial charge in [0.25, 0.3) is 0 Å². The molecule has 1 spiro atoms. The van der Waals surface area contributed by atoms with E-state index in [1.165, 1.54) is 44.9 Å². The molecule has 5 rings (SSSR count). The maximum Gasteiger partial charge on any atom is 0.175 e. The molecule has 0 bridgehead atoms. The fourth-order valence-electron chi connectivity index (χ4n) is 8.77. The van der Waals surface area contributed by atoms with Crippen LogP contribution in [-0.2, 0) is 14.3 Å². The first kappa shape index (κ1) is 17.7. The van der Waals surface area contributed by atoms with Crippen LogP contribution in [-0.4, -0.2) is 24.8 Å². The molecule has 5 fully saturated rings. The average Bonchev–Trinajstić information content (AvgIpc) is 3.22. The molecule has 1 heterocycles. The zero-order valence-corrected chi connectivity index (χ0v) is 16.9. The summed E-state index contributed by atoms with van der Waals surface area (Å²) in [5.41, 5.74) is 0.327. The quantitative estimate of drug-likeness (QED) is 0.662. The van der Waals surface area contributed by atoms with E-state index in [0.717, 1.165) is 24.7 Å². The standard InChI is InChI=1S/C23H36O3/c1-15(24)18-9-10-19-17-8-7-16-6-4-5-11-21(16,2)20(17)14-23(22(18,19)3)25-12-13-26-23/h16-20H,4-14H2,1-3H3/t16-,17+,18-,19+,20+,21+,22-/m1/s1. The molecule has 0 N–H and O–H groups in total. The lowest BCUT2D eigenvalue weighted by molar-refractivity contribution is -0.307. The van der Waals surface area contributed by atoms with Gasteiger partial charge in [0.05, 0.1) is 13.2 Å². The summed E-state index contributed by atoms with van der Waals surface area (Å²) < 4.78 is 13.0. The first-order valence-corrected chi connectivity index (χ1v) is 11.2. The minimum absolute atomic E-state index is 0.114. The first-order chi connectivity index (χ1) is 12.4. The summed E-state index contributed by atoms with van der Waals surface area (Å²) in [6, 6.07) is 0. The molecule has 1 aliphatic heterocycles. The Hall–Kier alpha value is -0.410. The van der Waals surface area contributed by atoms with Crippen LogP contribution < -0.4 is 0 Å². The lowest BCUT2D eigenvalue weighted by Crippen LogP contribution is -2.64. The smallest absolute Gasteiger partial charge is 0.175 e. The Morgan fingerprint density at radius 1 is 0.923 bits per heavy atom. The number of fused-ring (bicyclic) bond motifs is 6. The van der Waals surface area contributed by atoms with Crippen molar-refractivity contribution in [2.24, 2.45) is 40.4 Å². The lowest BCUT2D eigenvalue weighted by Gasteiger charge is -2.64. The Labute approximate surface area is 158 Å². The summed E-state index contributed by atoms with van der Waals surface area (Å²) in [6.45, 7) is 8.14. The molecule has 0 aromatic heterocycles. The van der Waals surface area contributed by atoms with Gasteiger partial charge in [0.1, 0.15) is 5.78 Å². The van der Waals surface area contributed by atoms with E-state index in [4.69, 9.17) is 9.47 Å². The molecule has 1 saturated heterocycles. The topological polar surface area (TPSA) is 35.5 Å². The predicted molar refractivity (Wildman–Crippen MR) is 101 cm³/mol. The minimum Gasteiger partial charge on any atom is -0.347 e. The van der Waals surface area contributed by atoms with Crippen molar-refractivity contribution < 1.29 is 14.3 Å². The third-order valence-corrected chi connectivity index (χ3v) is 9.99. The van der Waals surface area contributed by atoms with E-state index < -0.39 is 5.79 Å². The number of Topliss-reactive ketones (excluding diaryl/α,β-unsaturated/α-hetero) is 1. The van der Waals surface area contributed by atoms with E-state index >= 15 is 0 Å². The van der Waals surface area contributed by atoms with Crippen LogP contribution in [0.25, 0.3) is 0 Å². The highest BCUT2D eigenvalue weighted by molar-refractivity contribution is 5.79. The highest BCUT2D eigenvalue weighted by Gasteiger charge is 2.71. The van der Waals surface area contributed by atoms with Gasteiger partial charge in [-0.3, -0.25) is 4.79 Å². The zero-order valence-electron chi connectivity index (χ0n) is 16.9. The SMILES string of the molecule is CC(=O)[C@H]1CC[C@H]2[C@@H]3CC[C@H]4CCCC[C@]4(C)[C@H]3CC3(OCCO3)[C@]12C. The second kappa shape index (κ2) is 5.80. The van der Waals surface area contributed by atoms with Crippen molar-refractivity contribution in [1.82, 2.24) is 0 Å². The molecular weight excluding hydrogens is 324 g/mol. The molecule has 4 aliphatic carbocycles. The third-order valence-electron chi connectivity index (χ3n) is 9.99. The molecule has 4 saturated carbocycles. The fraction of sp³-hybridized carbons (Fsp3) is 0.957. The maximum absolute atomic E-state index is 12.6. The molecule has 3 nitrogen and oxygen atoms in total. The normalized spacial score (nSPS) is 52.3. The van der Waals surface area contributed by atoms with Crippen molar-refractivity contribution in [3.05, 3.63) is 0 Å². The molecule has 0 unspecified atom stereocenters. The second-order valence-electron chi connectivity index (χ2n) is 10.6. The average molecular weight is 361 g/mol. The van der Waals surface area contributed by atoms with Crippen molar-refractivity contribution in [3.8, 4) is 0 Å². The van der Waals surface area contributed by atoms with Crippen LogP contribution in [0.1, 0.15) is 78.6 Å². The number of ether oxygens (including phenoxy) is 2. The minimum atomic E-state index is -0.506. The Bertz CT molecular complexity index is 594. The predicted octanol–water partition coefficient (Wildman–Crippen LogP) is 4.98. The molecule has 5 aliphatic rings. The van der Waals surface area contributed by atoms with Gasteiger partial charge in [0, 0.05) is 17.8 Å². The molecule has 0 aromatic carbocycles. The number of hydrogen-bond acceptors (Lipinski definition) is 3. The summed E-state index contributed by atoms with van der Waals surface area (Å²) in [5, 5.41) is 0. The Morgan fingerprint density at radius 2 is 1.69 bits per heavy atom. The van der Waals surface area contributed by atoms with E-state index in [0.29, 0.717) is 36.2 Å². The number of ketones is 1. The Balaban J connectivity index is 1.59. The summed E-state index contributed by atoms with van der Waals surface area (Å²) >= 11 is 0. The summed E-state index contributed by atoms with van der Waals surface area (Å²) in [7, 11) is 0. The van der Waals surface area contributed by atoms with Gasteiger partial charge in [-0.05, 0) is 74.5 Å². The van der Waals surface area contributed by atoms with Gasteiger partial charge in [-0.2, -0.15) is 0 Å². The van der Waals surface area contributed by atoms with Gasteiger partial charge in [0.2, 0.25) is 0 Å². The highest BCUT2D eigenvalue weighted by atomic mass is 16.7. The van der Waals surface area contributed by atoms with Gasteiger partial charge in [-0.1, -0.05) is 26.7 Å². The number of hydrogen-bond donors (Lipinski definition) is 0. The molecule has 0 aromatic rings. The second-order valence-corrected chi connectivity index (χ2v) is 10.6. The molecular formula is C23H36O3. The zero-order chi connectivity index (χ0) is 18.2. The monoisotopic (exact) mass is 360 g/mol. The molecule has 3 heteroatoms. The van der Waals surface area contributed by atoms with E-state index in [-0.39, 0.29) is 11.3 Å². The molecule has 7 atom stereocenters. The lowest BCUT2D eigenvalue weighted by atomic mass is 9.43. The van der Waals surface area contributed by atoms with Crippen molar-refractivity contribution in [2.45, 2.75) is 84.3 Å². The number of rotatable bonds is 1. The molecule has 26 heavy (non-hydrogen) atoms. The first-order valence-electron chi connectivity index (χ1n) is 11.2. The molecule has 0 amide bonds. The number of carbonyl (C=O) groups is 1. The van der Waals surface area contributed by atoms with Crippen LogP contribution in [0.15, 0.2) is 0 Å². The van der Waals surface area contributed by atoms with Crippen molar-refractivity contribution in [2.75, 3.05) is 13.2 Å². The summed E-state index contributed by atoms with van der Waals surface area (Å²) in [5.74, 6) is 2.92. The number of carbonyl (C=O) groups excluding carboxylic acids is 1. The van der Waals surface area contributed by atoms with Crippen LogP contribution in [0.2, 0.25) is 0 Å². The van der Waals surface area contributed by atoms with Gasteiger partial charge in [-0.25, -0.2) is 0 Å². The van der Waals surface area contributed by atoms with E-state index in [1.807, 2.05) is 0 Å². The Kier molecular flexibility index (Phi) is 3.94. The largest absolute Gasteiger partial charge is 0.347 e. The third kappa shape index (κ3) is 2.05. The van der Waals surface area contributed by atoms with Crippen molar-refractivity contribution >= 4 is 5.78 Å². The van der Waals surface area contributed by atoms with Crippen LogP contribution in [0.4, 0.5) is 0 Å². The van der Waals surface area contributed by atoms with Crippen molar-refractivity contribution in [3.63, 3.8) is 0 Å². The van der Waals surface area contributed by atoms with Crippen LogP contribution in [0.3, 0.4) is 0 Å². The highest BCUT2D eigenvalue weighted by Crippen LogP contribution is 2.71. The molecule has 146 valence electrons. The van der Waals surface area contributed by atoms with E-state index in [2.05, 4.69) is 13.8 Å². The van der Waals surface area contributed by atoms with Gasteiger partial charge in [0.15, 0.2) is 5.79 Å². The van der Waals surface area contributed by atoms with Crippen LogP contribution in [0, 0.1) is 40.4 Å². The van der Waals surface area contributed by atoms with Gasteiger partial charge >= 0.3 is 0 Å². The molecule has 0 radical (unpaired) electrons. The Morgan fingerprint density at radius 3 is 2.42 bits per heavy atom. The summed E-state index contributed by atoms with van der Waals surface area (Å²) in [6.07, 6.45) is 11.6. The van der Waals surface area contributed by atoms with Crippen LogP contribution in [0.5, 0.6) is 0 Å². The van der Waals surface area contributed by atoms with Gasteiger partial charge in [-0.15, -0.1) is 0 Å². The van der Waals surface area contributed by atoms with Crippen molar-refractivity contribution in [1.29, 1.82) is 0 Å².